The van der Waals surface area contributed by atoms with Gasteiger partial charge in [-0.1, -0.05) is 30.4 Å². The van der Waals surface area contributed by atoms with Crippen molar-refractivity contribution in [3.63, 3.8) is 0 Å². The number of hydrogen-bond acceptors (Lipinski definition) is 6. The van der Waals surface area contributed by atoms with E-state index in [1.807, 2.05) is 18.2 Å². The number of halogens is 3. The van der Waals surface area contributed by atoms with Crippen molar-refractivity contribution < 1.29 is 27.4 Å². The second-order valence-corrected chi connectivity index (χ2v) is 10.7. The molecule has 3 aliphatic rings. The van der Waals surface area contributed by atoms with Gasteiger partial charge in [-0.2, -0.15) is 4.99 Å². The Hall–Kier alpha value is -3.34. The van der Waals surface area contributed by atoms with Crippen molar-refractivity contribution in [3.8, 4) is 0 Å². The molecule has 0 bridgehead atoms. The Morgan fingerprint density at radius 1 is 1.35 bits per heavy atom. The quantitative estimate of drug-likeness (QED) is 0.268. The zero-order chi connectivity index (χ0) is 28.8. The number of H-pyrrole nitrogens is 1. The summed E-state index contributed by atoms with van der Waals surface area (Å²) in [4.78, 5) is 28.0. The fourth-order valence-electron chi connectivity index (χ4n) is 5.08. The Morgan fingerprint density at radius 2 is 2.17 bits per heavy atom. The number of imidazole rings is 1. The summed E-state index contributed by atoms with van der Waals surface area (Å²) in [6, 6.07) is 0. The maximum absolute atomic E-state index is 14.7. The molecule has 1 aromatic rings. The van der Waals surface area contributed by atoms with Crippen LogP contribution in [0.15, 0.2) is 52.1 Å². The molecule has 1 saturated heterocycles. The fraction of sp³-hybridized carbons (Fsp3) is 0.552. The second kappa shape index (κ2) is 12.9. The summed E-state index contributed by atoms with van der Waals surface area (Å²) in [5.74, 6) is -5.09. The number of amides is 1. The van der Waals surface area contributed by atoms with Gasteiger partial charge in [0.05, 0.1) is 36.8 Å². The lowest BCUT2D eigenvalue weighted by Gasteiger charge is -2.31. The molecule has 0 spiro atoms. The molecule has 0 saturated carbocycles. The number of aromatic amines is 1. The number of carbonyl (C=O) groups is 1. The molecular formula is C29H36F3N5O3. The van der Waals surface area contributed by atoms with Crippen LogP contribution in [0.25, 0.3) is 0 Å². The minimum absolute atomic E-state index is 0.0444. The number of aliphatic imine (C=N–C) groups is 2. The smallest absolute Gasteiger partial charge is 0.433 e. The predicted molar refractivity (Wildman–Crippen MR) is 148 cm³/mol. The van der Waals surface area contributed by atoms with Crippen LogP contribution in [0.2, 0.25) is 0 Å². The van der Waals surface area contributed by atoms with Crippen LogP contribution in [0.4, 0.5) is 23.9 Å². The highest BCUT2D eigenvalue weighted by Crippen LogP contribution is 2.36. The van der Waals surface area contributed by atoms with Crippen molar-refractivity contribution in [2.24, 2.45) is 21.8 Å². The monoisotopic (exact) mass is 559 g/mol. The first-order valence-electron chi connectivity index (χ1n) is 13.6. The van der Waals surface area contributed by atoms with Crippen LogP contribution >= 0.6 is 0 Å². The van der Waals surface area contributed by atoms with E-state index in [1.165, 1.54) is 32.3 Å². The van der Waals surface area contributed by atoms with Gasteiger partial charge in [0.25, 0.3) is 5.92 Å². The maximum atomic E-state index is 14.7. The Morgan fingerprint density at radius 3 is 2.90 bits per heavy atom. The minimum Gasteiger partial charge on any atom is -0.443 e. The topological polar surface area (TPSA) is 113 Å². The maximum Gasteiger partial charge on any atom is 0.433 e. The van der Waals surface area contributed by atoms with Gasteiger partial charge < -0.3 is 19.9 Å². The number of aromatic nitrogens is 2. The molecule has 0 radical (unpaired) electrons. The molecule has 8 nitrogen and oxygen atoms in total. The molecule has 216 valence electrons. The van der Waals surface area contributed by atoms with Crippen LogP contribution in [-0.4, -0.2) is 65.1 Å². The van der Waals surface area contributed by atoms with E-state index in [2.05, 4.69) is 20.0 Å². The number of rotatable bonds is 8. The third-order valence-corrected chi connectivity index (χ3v) is 7.39. The van der Waals surface area contributed by atoms with Crippen molar-refractivity contribution in [1.29, 1.82) is 5.41 Å². The van der Waals surface area contributed by atoms with E-state index in [4.69, 9.17) is 14.9 Å². The SMILES string of the molecule is CC(=N)/C(=N\c1ncc(C(C=NC(=O)OCC2=CCCC=C2)C2C=CC(C)(F)CCC2)[nH]1)C1COCCC1(F)F. The minimum atomic E-state index is -3.06. The molecule has 4 unspecified atom stereocenters. The Labute approximate surface area is 232 Å². The van der Waals surface area contributed by atoms with Gasteiger partial charge >= 0.3 is 6.09 Å². The van der Waals surface area contributed by atoms with Gasteiger partial charge in [-0.15, -0.1) is 0 Å². The fourth-order valence-corrected chi connectivity index (χ4v) is 5.08. The average Bonchev–Trinajstić information content (AvgIpc) is 3.29. The summed E-state index contributed by atoms with van der Waals surface area (Å²) in [6.07, 6.45) is 14.5. The van der Waals surface area contributed by atoms with E-state index in [0.29, 0.717) is 25.0 Å². The van der Waals surface area contributed by atoms with Crippen molar-refractivity contribution >= 4 is 29.7 Å². The molecule has 0 aromatic carbocycles. The first-order valence-corrected chi connectivity index (χ1v) is 13.6. The normalized spacial score (nSPS) is 27.7. The molecule has 40 heavy (non-hydrogen) atoms. The van der Waals surface area contributed by atoms with Crippen LogP contribution in [0.3, 0.4) is 0 Å². The zero-order valence-electron chi connectivity index (χ0n) is 22.8. The number of nitrogens with zero attached hydrogens (tertiary/aromatic N) is 3. The van der Waals surface area contributed by atoms with Gasteiger partial charge in [0.1, 0.15) is 12.3 Å². The second-order valence-electron chi connectivity index (χ2n) is 10.7. The summed E-state index contributed by atoms with van der Waals surface area (Å²) < 4.78 is 54.5. The summed E-state index contributed by atoms with van der Waals surface area (Å²) in [7, 11) is 0. The summed E-state index contributed by atoms with van der Waals surface area (Å²) >= 11 is 0. The first kappa shape index (κ1) is 29.6. The lowest BCUT2D eigenvalue weighted by atomic mass is 9.87. The lowest BCUT2D eigenvalue weighted by Crippen LogP contribution is -2.44. The van der Waals surface area contributed by atoms with Crippen molar-refractivity contribution in [2.45, 2.75) is 69.9 Å². The molecule has 1 aromatic heterocycles. The van der Waals surface area contributed by atoms with E-state index >= 15 is 0 Å². The van der Waals surface area contributed by atoms with Gasteiger partial charge in [-0.25, -0.2) is 27.9 Å². The molecule has 2 N–H and O–H groups in total. The standard InChI is InChI=1S/C29H36F3N5O3/c1-19(33)25(23-18-39-14-13-29(23,31)32)37-26-34-16-24(36-26)22(21-9-6-11-28(2,30)12-10-21)15-35-27(38)40-17-20-7-4-3-5-8-20/h4,7-8,10,12,15-16,21-23,33H,3,5-6,9,11,13-14,17-18H2,1-2H3,(H,34,36)/b33-19?,35-15?,37-25+. The van der Waals surface area contributed by atoms with Gasteiger partial charge in [-0.05, 0) is 57.4 Å². The number of alkyl halides is 3. The van der Waals surface area contributed by atoms with E-state index in [0.717, 1.165) is 18.4 Å². The van der Waals surface area contributed by atoms with Gasteiger partial charge in [0.2, 0.25) is 5.95 Å². The molecule has 4 atom stereocenters. The van der Waals surface area contributed by atoms with Gasteiger partial charge in [-0.3, -0.25) is 0 Å². The van der Waals surface area contributed by atoms with Crippen LogP contribution in [0.1, 0.15) is 64.0 Å². The van der Waals surface area contributed by atoms with E-state index in [9.17, 15) is 18.0 Å². The zero-order valence-corrected chi connectivity index (χ0v) is 22.8. The average molecular weight is 560 g/mol. The summed E-state index contributed by atoms with van der Waals surface area (Å²) in [6.45, 7) is 2.75. The largest absolute Gasteiger partial charge is 0.443 e. The molecule has 2 heterocycles. The molecular weight excluding hydrogens is 523 g/mol. The highest BCUT2D eigenvalue weighted by atomic mass is 19.3. The number of nitrogens with one attached hydrogen (secondary N) is 2. The highest BCUT2D eigenvalue weighted by molar-refractivity contribution is 6.41. The lowest BCUT2D eigenvalue weighted by molar-refractivity contribution is -0.116. The molecule has 1 amide bonds. The van der Waals surface area contributed by atoms with E-state index < -0.39 is 35.9 Å². The number of allylic oxidation sites excluding steroid dienone is 4. The highest BCUT2D eigenvalue weighted by Gasteiger charge is 2.45. The van der Waals surface area contributed by atoms with Crippen LogP contribution in [-0.2, 0) is 9.47 Å². The van der Waals surface area contributed by atoms with Gasteiger partial charge in [0.15, 0.2) is 0 Å². The number of hydrogen-bond donors (Lipinski definition) is 2. The van der Waals surface area contributed by atoms with Crippen LogP contribution in [0, 0.1) is 17.2 Å². The van der Waals surface area contributed by atoms with Crippen LogP contribution < -0.4 is 0 Å². The van der Waals surface area contributed by atoms with Crippen molar-refractivity contribution in [2.75, 3.05) is 19.8 Å². The summed E-state index contributed by atoms with van der Waals surface area (Å²) in [5.41, 5.74) is -0.218. The van der Waals surface area contributed by atoms with Crippen LogP contribution in [0.5, 0.6) is 0 Å². The van der Waals surface area contributed by atoms with Crippen molar-refractivity contribution in [3.05, 3.63) is 47.8 Å². The van der Waals surface area contributed by atoms with E-state index in [-0.39, 0.29) is 43.1 Å². The molecule has 1 fully saturated rings. The molecule has 2 aliphatic carbocycles. The molecule has 1 aliphatic heterocycles. The Bertz CT molecular complexity index is 1230. The van der Waals surface area contributed by atoms with E-state index in [1.54, 1.807) is 6.08 Å². The Balaban J connectivity index is 1.58. The predicted octanol–water partition coefficient (Wildman–Crippen LogP) is 6.85. The Kier molecular flexibility index (Phi) is 9.55. The third-order valence-electron chi connectivity index (χ3n) is 7.39. The molecule has 4 rings (SSSR count). The van der Waals surface area contributed by atoms with Crippen molar-refractivity contribution in [1.82, 2.24) is 9.97 Å². The third kappa shape index (κ3) is 7.87. The number of ether oxygens (including phenoxy) is 2. The first-order chi connectivity index (χ1) is 19.0. The number of carbonyl (C=O) groups excluding carboxylic acids is 1. The van der Waals surface area contributed by atoms with Gasteiger partial charge in [0, 0.05) is 24.2 Å². The summed E-state index contributed by atoms with van der Waals surface area (Å²) in [5, 5.41) is 8.07. The molecule has 11 heteroatoms.